The van der Waals surface area contributed by atoms with E-state index in [-0.39, 0.29) is 11.9 Å². The monoisotopic (exact) mass is 236 g/mol. The van der Waals surface area contributed by atoms with Crippen LogP contribution in [0.1, 0.15) is 31.4 Å². The minimum atomic E-state index is 0.0972. The molecule has 1 saturated heterocycles. The van der Waals surface area contributed by atoms with Crippen LogP contribution < -0.4 is 5.73 Å². The van der Waals surface area contributed by atoms with Crippen LogP contribution in [0.4, 0.5) is 0 Å². The number of aryl methyl sites for hydroxylation is 1. The Morgan fingerprint density at radius 1 is 1.59 bits per heavy atom. The summed E-state index contributed by atoms with van der Waals surface area (Å²) >= 11 is 0. The minimum Gasteiger partial charge on any atom is -0.335 e. The van der Waals surface area contributed by atoms with Gasteiger partial charge in [0.15, 0.2) is 0 Å². The Balaban J connectivity index is 2.32. The number of nitrogens with two attached hydrogens (primary N) is 1. The quantitative estimate of drug-likeness (QED) is 0.839. The second kappa shape index (κ2) is 4.87. The second-order valence-electron chi connectivity index (χ2n) is 4.61. The lowest BCUT2D eigenvalue weighted by molar-refractivity contribution is -0.138. The molecule has 1 aromatic heterocycles. The lowest BCUT2D eigenvalue weighted by atomic mass is 9.85. The van der Waals surface area contributed by atoms with E-state index in [9.17, 15) is 4.79 Å². The van der Waals surface area contributed by atoms with E-state index in [1.165, 1.54) is 0 Å². The third-order valence-electron chi connectivity index (χ3n) is 3.54. The normalized spacial score (nSPS) is 25.4. The number of carbonyl (C=O) groups excluding carboxylic acids is 1. The van der Waals surface area contributed by atoms with Gasteiger partial charge in [-0.2, -0.15) is 5.10 Å². The predicted molar refractivity (Wildman–Crippen MR) is 65.1 cm³/mol. The van der Waals surface area contributed by atoms with Crippen LogP contribution in [0.15, 0.2) is 12.4 Å². The lowest BCUT2D eigenvalue weighted by Gasteiger charge is -2.40. The van der Waals surface area contributed by atoms with Crippen molar-refractivity contribution in [2.24, 2.45) is 18.7 Å². The van der Waals surface area contributed by atoms with Crippen LogP contribution in [-0.2, 0) is 11.8 Å². The van der Waals surface area contributed by atoms with E-state index in [0.717, 1.165) is 18.5 Å². The van der Waals surface area contributed by atoms with Gasteiger partial charge >= 0.3 is 0 Å². The lowest BCUT2D eigenvalue weighted by Crippen LogP contribution is -2.44. The highest BCUT2D eigenvalue weighted by molar-refractivity contribution is 5.77. The van der Waals surface area contributed by atoms with Gasteiger partial charge in [0.2, 0.25) is 5.91 Å². The molecule has 0 bridgehead atoms. The maximum Gasteiger partial charge on any atom is 0.223 e. The zero-order chi connectivity index (χ0) is 12.4. The first-order chi connectivity index (χ1) is 8.17. The van der Waals surface area contributed by atoms with Gasteiger partial charge in [-0.3, -0.25) is 9.48 Å². The summed E-state index contributed by atoms with van der Waals surface area (Å²) in [6.07, 6.45) is 5.32. The Hall–Kier alpha value is -1.36. The van der Waals surface area contributed by atoms with Gasteiger partial charge in [-0.25, -0.2) is 0 Å². The summed E-state index contributed by atoms with van der Waals surface area (Å²) in [5.74, 6) is 0.572. The highest BCUT2D eigenvalue weighted by Crippen LogP contribution is 2.35. The highest BCUT2D eigenvalue weighted by Gasteiger charge is 2.35. The molecule has 0 aromatic carbocycles. The Labute approximate surface area is 102 Å². The van der Waals surface area contributed by atoms with Crippen molar-refractivity contribution < 1.29 is 4.79 Å². The molecule has 0 spiro atoms. The number of carbonyl (C=O) groups is 1. The maximum absolute atomic E-state index is 11.9. The molecule has 1 aromatic rings. The van der Waals surface area contributed by atoms with Gasteiger partial charge in [0.05, 0.1) is 12.2 Å². The van der Waals surface area contributed by atoms with Gasteiger partial charge < -0.3 is 10.6 Å². The number of rotatable bonds is 3. The molecule has 0 radical (unpaired) electrons. The molecule has 1 aliphatic rings. The minimum absolute atomic E-state index is 0.0972. The summed E-state index contributed by atoms with van der Waals surface area (Å²) in [6, 6.07) is 0.0972. The molecule has 2 rings (SSSR count). The van der Waals surface area contributed by atoms with E-state index in [1.54, 1.807) is 4.68 Å². The molecule has 0 unspecified atom stereocenters. The molecule has 1 amide bonds. The van der Waals surface area contributed by atoms with Crippen LogP contribution in [-0.4, -0.2) is 33.7 Å². The summed E-state index contributed by atoms with van der Waals surface area (Å²) in [5.41, 5.74) is 6.93. The molecule has 0 saturated carbocycles. The summed E-state index contributed by atoms with van der Waals surface area (Å²) in [5, 5.41) is 4.19. The fourth-order valence-corrected chi connectivity index (χ4v) is 2.68. The summed E-state index contributed by atoms with van der Waals surface area (Å²) < 4.78 is 1.77. The zero-order valence-electron chi connectivity index (χ0n) is 10.5. The first-order valence-corrected chi connectivity index (χ1v) is 6.15. The van der Waals surface area contributed by atoms with E-state index >= 15 is 0 Å². The van der Waals surface area contributed by atoms with Gasteiger partial charge in [-0.1, -0.05) is 0 Å². The van der Waals surface area contributed by atoms with E-state index in [1.807, 2.05) is 31.3 Å². The Morgan fingerprint density at radius 2 is 2.35 bits per heavy atom. The Kier molecular flexibility index (Phi) is 3.47. The maximum atomic E-state index is 11.9. The summed E-state index contributed by atoms with van der Waals surface area (Å²) in [4.78, 5) is 13.9. The van der Waals surface area contributed by atoms with Gasteiger partial charge in [0, 0.05) is 31.8 Å². The molecule has 1 fully saturated rings. The van der Waals surface area contributed by atoms with Crippen molar-refractivity contribution in [3.63, 3.8) is 0 Å². The van der Waals surface area contributed by atoms with Crippen LogP contribution in [0.25, 0.3) is 0 Å². The summed E-state index contributed by atoms with van der Waals surface area (Å²) in [7, 11) is 1.89. The zero-order valence-corrected chi connectivity index (χ0v) is 10.5. The number of hydrogen-bond acceptors (Lipinski definition) is 3. The third-order valence-corrected chi connectivity index (χ3v) is 3.54. The van der Waals surface area contributed by atoms with Crippen molar-refractivity contribution in [3.8, 4) is 0 Å². The largest absolute Gasteiger partial charge is 0.335 e. The molecule has 2 heterocycles. The number of hydrogen-bond donors (Lipinski definition) is 1. The van der Waals surface area contributed by atoms with E-state index < -0.39 is 0 Å². The van der Waals surface area contributed by atoms with Gasteiger partial charge in [-0.15, -0.1) is 0 Å². The van der Waals surface area contributed by atoms with E-state index in [2.05, 4.69) is 5.10 Å². The van der Waals surface area contributed by atoms with Gasteiger partial charge in [0.25, 0.3) is 0 Å². The van der Waals surface area contributed by atoms with Crippen LogP contribution in [0.2, 0.25) is 0 Å². The summed E-state index contributed by atoms with van der Waals surface area (Å²) in [6.45, 7) is 3.36. The predicted octanol–water partition coefficient (Wildman–Crippen LogP) is 0.678. The van der Waals surface area contributed by atoms with Crippen molar-refractivity contribution in [1.82, 2.24) is 14.7 Å². The fraction of sp³-hybridized carbons (Fsp3) is 0.667. The Morgan fingerprint density at radius 3 is 2.88 bits per heavy atom. The molecule has 5 nitrogen and oxygen atoms in total. The molecular weight excluding hydrogens is 216 g/mol. The average Bonchev–Trinajstić information content (AvgIpc) is 2.75. The molecular formula is C12H20N4O. The topological polar surface area (TPSA) is 64.2 Å². The van der Waals surface area contributed by atoms with Crippen molar-refractivity contribution in [1.29, 1.82) is 0 Å². The van der Waals surface area contributed by atoms with Gasteiger partial charge in [0.1, 0.15) is 0 Å². The standard InChI is InChI=1S/C12H20N4O/c1-3-16-11(17)5-4-9(6-13)12(16)10-7-14-15(2)8-10/h7-9,12H,3-6,13H2,1-2H3/t9-,12+/m1/s1. The number of nitrogens with zero attached hydrogens (tertiary/aromatic N) is 3. The van der Waals surface area contributed by atoms with Crippen LogP contribution in [0.3, 0.4) is 0 Å². The van der Waals surface area contributed by atoms with Crippen molar-refractivity contribution >= 4 is 5.91 Å². The van der Waals surface area contributed by atoms with Crippen LogP contribution >= 0.6 is 0 Å². The number of likely N-dealkylation sites (tertiary alicyclic amines) is 1. The van der Waals surface area contributed by atoms with E-state index in [4.69, 9.17) is 5.73 Å². The Bertz CT molecular complexity index is 401. The first-order valence-electron chi connectivity index (χ1n) is 6.15. The van der Waals surface area contributed by atoms with Crippen molar-refractivity contribution in [2.75, 3.05) is 13.1 Å². The number of aromatic nitrogens is 2. The molecule has 1 aliphatic heterocycles. The van der Waals surface area contributed by atoms with Crippen molar-refractivity contribution in [3.05, 3.63) is 18.0 Å². The highest BCUT2D eigenvalue weighted by atomic mass is 16.2. The number of amides is 1. The first kappa shape index (κ1) is 12.1. The molecule has 2 N–H and O–H groups in total. The average molecular weight is 236 g/mol. The fourth-order valence-electron chi connectivity index (χ4n) is 2.68. The van der Waals surface area contributed by atoms with E-state index in [0.29, 0.717) is 18.9 Å². The molecule has 5 heteroatoms. The number of piperidine rings is 1. The molecule has 94 valence electrons. The smallest absolute Gasteiger partial charge is 0.223 e. The molecule has 0 aliphatic carbocycles. The van der Waals surface area contributed by atoms with Crippen molar-refractivity contribution in [2.45, 2.75) is 25.8 Å². The third kappa shape index (κ3) is 2.20. The van der Waals surface area contributed by atoms with Gasteiger partial charge in [-0.05, 0) is 25.8 Å². The SMILES string of the molecule is CCN1C(=O)CC[C@H](CN)[C@H]1c1cnn(C)c1. The van der Waals surface area contributed by atoms with Crippen LogP contribution in [0.5, 0.6) is 0 Å². The molecule has 2 atom stereocenters. The van der Waals surface area contributed by atoms with Crippen LogP contribution in [0, 0.1) is 5.92 Å². The molecule has 17 heavy (non-hydrogen) atoms. The second-order valence-corrected chi connectivity index (χ2v) is 4.61.